The average Bonchev–Trinajstić information content (AvgIpc) is 3.26. The van der Waals surface area contributed by atoms with Gasteiger partial charge in [-0.15, -0.1) is 5.10 Å². The molecule has 2 amide bonds. The quantitative estimate of drug-likeness (QED) is 0.557. The molecule has 0 spiro atoms. The van der Waals surface area contributed by atoms with Gasteiger partial charge in [0.05, 0.1) is 11.4 Å². The van der Waals surface area contributed by atoms with E-state index in [1.54, 1.807) is 36.3 Å². The molecule has 1 aliphatic carbocycles. The smallest absolute Gasteiger partial charge is 0.270 e. The van der Waals surface area contributed by atoms with Gasteiger partial charge in [-0.05, 0) is 43.9 Å². The molecule has 0 saturated heterocycles. The highest BCUT2D eigenvalue weighted by Gasteiger charge is 2.31. The number of amides is 2. The lowest BCUT2D eigenvalue weighted by atomic mass is 9.91. The van der Waals surface area contributed by atoms with Gasteiger partial charge in [-0.3, -0.25) is 14.3 Å². The van der Waals surface area contributed by atoms with Crippen molar-refractivity contribution in [2.24, 2.45) is 20.0 Å². The van der Waals surface area contributed by atoms with E-state index in [2.05, 4.69) is 31.0 Å². The maximum absolute atomic E-state index is 13.3. The van der Waals surface area contributed by atoms with E-state index < -0.39 is 6.04 Å². The van der Waals surface area contributed by atoms with Crippen LogP contribution in [0, 0.1) is 12.8 Å². The van der Waals surface area contributed by atoms with Crippen LogP contribution in [-0.4, -0.2) is 47.6 Å². The molecule has 0 unspecified atom stereocenters. The van der Waals surface area contributed by atoms with E-state index in [0.29, 0.717) is 11.5 Å². The molecule has 10 nitrogen and oxygen atoms in total. The number of nitrogens with zero attached hydrogens (tertiary/aromatic N) is 6. The number of anilines is 1. The summed E-state index contributed by atoms with van der Waals surface area (Å²) in [5.41, 5.74) is 2.97. The van der Waals surface area contributed by atoms with Gasteiger partial charge in [0.25, 0.3) is 5.91 Å². The fourth-order valence-corrected chi connectivity index (χ4v) is 4.52. The van der Waals surface area contributed by atoms with Gasteiger partial charge < -0.3 is 10.6 Å². The molecular formula is C23H30N8O2. The van der Waals surface area contributed by atoms with Gasteiger partial charge in [0, 0.05) is 32.1 Å². The van der Waals surface area contributed by atoms with Gasteiger partial charge in [-0.1, -0.05) is 30.9 Å². The zero-order valence-electron chi connectivity index (χ0n) is 19.3. The van der Waals surface area contributed by atoms with E-state index in [0.717, 1.165) is 55.5 Å². The number of hydrogen-bond donors (Lipinski definition) is 2. The molecule has 1 atom stereocenters. The third kappa shape index (κ3) is 5.10. The lowest BCUT2D eigenvalue weighted by Crippen LogP contribution is -2.49. The Morgan fingerprint density at radius 2 is 1.82 bits per heavy atom. The maximum Gasteiger partial charge on any atom is 0.270 e. The van der Waals surface area contributed by atoms with Crippen LogP contribution in [0.4, 0.5) is 5.82 Å². The number of aromatic nitrogens is 6. The highest BCUT2D eigenvalue weighted by atomic mass is 16.2. The Labute approximate surface area is 192 Å². The predicted molar refractivity (Wildman–Crippen MR) is 123 cm³/mol. The molecule has 0 aromatic carbocycles. The molecule has 4 rings (SSSR count). The molecule has 33 heavy (non-hydrogen) atoms. The summed E-state index contributed by atoms with van der Waals surface area (Å²) < 4.78 is 3.20. The normalized spacial score (nSPS) is 15.6. The highest BCUT2D eigenvalue weighted by molar-refractivity contribution is 6.00. The molecule has 3 aromatic heterocycles. The largest absolute Gasteiger partial charge is 0.339 e. The first-order chi connectivity index (χ1) is 15.9. The van der Waals surface area contributed by atoms with Crippen molar-refractivity contribution in [3.63, 3.8) is 0 Å². The van der Waals surface area contributed by atoms with E-state index in [-0.39, 0.29) is 17.7 Å². The van der Waals surface area contributed by atoms with Gasteiger partial charge >= 0.3 is 0 Å². The van der Waals surface area contributed by atoms with Crippen molar-refractivity contribution in [1.82, 2.24) is 35.1 Å². The number of carbonyl (C=O) groups is 2. The van der Waals surface area contributed by atoms with E-state index in [1.807, 2.05) is 20.0 Å². The topological polar surface area (TPSA) is 120 Å². The number of carbonyl (C=O) groups excluding carboxylic acids is 2. The molecule has 0 radical (unpaired) electrons. The Balaban J connectivity index is 1.52. The lowest BCUT2D eigenvalue weighted by molar-refractivity contribution is -0.119. The fourth-order valence-electron chi connectivity index (χ4n) is 4.52. The van der Waals surface area contributed by atoms with Crippen molar-refractivity contribution in [2.75, 3.05) is 5.32 Å². The van der Waals surface area contributed by atoms with E-state index in [4.69, 9.17) is 0 Å². The van der Waals surface area contributed by atoms with Crippen LogP contribution in [0.2, 0.25) is 0 Å². The summed E-state index contributed by atoms with van der Waals surface area (Å²) >= 11 is 0. The van der Waals surface area contributed by atoms with Crippen LogP contribution in [0.25, 0.3) is 11.3 Å². The fraction of sp³-hybridized carbons (Fsp3) is 0.478. The molecular weight excluding hydrogens is 420 g/mol. The number of pyridine rings is 1. The van der Waals surface area contributed by atoms with Crippen LogP contribution in [0.1, 0.15) is 54.7 Å². The molecule has 1 fully saturated rings. The van der Waals surface area contributed by atoms with E-state index >= 15 is 0 Å². The second-order valence-electron chi connectivity index (χ2n) is 8.61. The van der Waals surface area contributed by atoms with Gasteiger partial charge in [0.1, 0.15) is 17.6 Å². The molecule has 0 aliphatic heterocycles. The maximum atomic E-state index is 13.3. The number of aryl methyl sites for hydroxylation is 3. The molecule has 0 bridgehead atoms. The van der Waals surface area contributed by atoms with Gasteiger partial charge in [-0.25, -0.2) is 9.67 Å². The summed E-state index contributed by atoms with van der Waals surface area (Å²) in [4.78, 5) is 30.6. The Hall–Kier alpha value is -3.56. The van der Waals surface area contributed by atoms with Crippen molar-refractivity contribution < 1.29 is 9.59 Å². The van der Waals surface area contributed by atoms with Crippen molar-refractivity contribution in [1.29, 1.82) is 0 Å². The zero-order chi connectivity index (χ0) is 23.4. The van der Waals surface area contributed by atoms with Crippen molar-refractivity contribution in [3.05, 3.63) is 42.0 Å². The van der Waals surface area contributed by atoms with Crippen LogP contribution >= 0.6 is 0 Å². The molecule has 2 N–H and O–H groups in total. The van der Waals surface area contributed by atoms with Crippen molar-refractivity contribution >= 4 is 17.6 Å². The third-order valence-electron chi connectivity index (χ3n) is 6.28. The van der Waals surface area contributed by atoms with Crippen molar-refractivity contribution in [2.45, 2.75) is 51.5 Å². The molecule has 3 aromatic rings. The predicted octanol–water partition coefficient (Wildman–Crippen LogP) is 2.63. The number of rotatable bonds is 6. The Morgan fingerprint density at radius 1 is 1.06 bits per heavy atom. The Kier molecular flexibility index (Phi) is 6.81. The monoisotopic (exact) mass is 450 g/mol. The molecule has 1 saturated carbocycles. The first-order valence-electron chi connectivity index (χ1n) is 11.4. The van der Waals surface area contributed by atoms with Gasteiger partial charge in [0.15, 0.2) is 0 Å². The first kappa shape index (κ1) is 22.6. The number of nitrogens with one attached hydrogen (secondary N) is 2. The Morgan fingerprint density at radius 3 is 2.39 bits per heavy atom. The summed E-state index contributed by atoms with van der Waals surface area (Å²) in [6.45, 7) is 1.89. The summed E-state index contributed by atoms with van der Waals surface area (Å²) in [7, 11) is 3.54. The lowest BCUT2D eigenvalue weighted by Gasteiger charge is -2.26. The van der Waals surface area contributed by atoms with E-state index in [1.165, 1.54) is 4.68 Å². The van der Waals surface area contributed by atoms with Gasteiger partial charge in [0.2, 0.25) is 5.91 Å². The van der Waals surface area contributed by atoms with Crippen LogP contribution in [0.5, 0.6) is 0 Å². The first-order valence-corrected chi connectivity index (χ1v) is 11.4. The SMILES string of the molecule is Cc1nnn(C)c1-c1ccc(NC(=O)[C@@H](NC(=O)c2ccnn2C)C2CCCCCC2)nc1. The number of hydrogen-bond acceptors (Lipinski definition) is 6. The zero-order valence-corrected chi connectivity index (χ0v) is 19.3. The van der Waals surface area contributed by atoms with Crippen LogP contribution in [0.3, 0.4) is 0 Å². The van der Waals surface area contributed by atoms with E-state index in [9.17, 15) is 9.59 Å². The second-order valence-corrected chi connectivity index (χ2v) is 8.61. The standard InChI is InChI=1S/C23H30N8O2/c1-15-21(31(3)29-28-15)17-10-11-19(24-14-17)26-23(33)20(16-8-6-4-5-7-9-16)27-22(32)18-12-13-25-30(18)2/h10-14,16,20H,4-9H2,1-3H3,(H,27,32)(H,24,26,33)/t20-/m0/s1. The van der Waals surface area contributed by atoms with Crippen LogP contribution < -0.4 is 10.6 Å². The summed E-state index contributed by atoms with van der Waals surface area (Å²) in [6.07, 6.45) is 9.50. The van der Waals surface area contributed by atoms with Crippen LogP contribution in [0.15, 0.2) is 30.6 Å². The van der Waals surface area contributed by atoms with Crippen molar-refractivity contribution in [3.8, 4) is 11.3 Å². The second kappa shape index (κ2) is 9.93. The van der Waals surface area contributed by atoms with Gasteiger partial charge in [-0.2, -0.15) is 5.10 Å². The summed E-state index contributed by atoms with van der Waals surface area (Å²) in [5, 5.41) is 18.0. The molecule has 174 valence electrons. The minimum absolute atomic E-state index is 0.0760. The molecule has 3 heterocycles. The minimum atomic E-state index is -0.643. The summed E-state index contributed by atoms with van der Waals surface area (Å²) in [6, 6.07) is 4.64. The summed E-state index contributed by atoms with van der Waals surface area (Å²) in [5.74, 6) is -0.0463. The molecule has 10 heteroatoms. The minimum Gasteiger partial charge on any atom is -0.339 e. The molecule has 1 aliphatic rings. The Bertz CT molecular complexity index is 1090. The average molecular weight is 451 g/mol. The van der Waals surface area contributed by atoms with Crippen LogP contribution in [-0.2, 0) is 18.9 Å². The highest BCUT2D eigenvalue weighted by Crippen LogP contribution is 2.27. The third-order valence-corrected chi connectivity index (χ3v) is 6.28.